The Balaban J connectivity index is 1.68. The zero-order valence-electron chi connectivity index (χ0n) is 15.8. The van der Waals surface area contributed by atoms with E-state index in [2.05, 4.69) is 44.8 Å². The van der Waals surface area contributed by atoms with Crippen molar-refractivity contribution in [2.75, 3.05) is 39.3 Å². The monoisotopic (exact) mass is 422 g/mol. The van der Waals surface area contributed by atoms with Gasteiger partial charge in [0.2, 0.25) is 0 Å². The van der Waals surface area contributed by atoms with Gasteiger partial charge in [0.05, 0.1) is 5.54 Å². The summed E-state index contributed by atoms with van der Waals surface area (Å²) in [6.45, 7) is 7.98. The summed E-state index contributed by atoms with van der Waals surface area (Å²) in [7, 11) is 0. The normalized spacial score (nSPS) is 30.7. The first-order valence-electron chi connectivity index (χ1n) is 10.2. The number of piperidine rings is 2. The molecule has 1 N–H and O–H groups in total. The second-order valence-corrected chi connectivity index (χ2v) is 9.17. The topological polar surface area (TPSA) is 35.9 Å². The minimum Gasteiger partial charge on any atom is -0.491 e. The first kappa shape index (κ1) is 18.7. The Morgan fingerprint density at radius 2 is 1.73 bits per heavy atom. The number of hydrogen-bond acceptors (Lipinski definition) is 4. The van der Waals surface area contributed by atoms with Crippen molar-refractivity contribution in [2.45, 2.75) is 57.1 Å². The first-order chi connectivity index (χ1) is 12.6. The molecule has 0 amide bonds. The van der Waals surface area contributed by atoms with Crippen LogP contribution in [0.1, 0.15) is 55.8 Å². The number of likely N-dealkylation sites (tertiary alicyclic amines) is 2. The molecule has 3 aliphatic rings. The molecule has 3 heterocycles. The van der Waals surface area contributed by atoms with Gasteiger partial charge in [0.15, 0.2) is 0 Å². The summed E-state index contributed by atoms with van der Waals surface area (Å²) >= 11 is 3.64. The number of rotatable bonds is 3. The van der Waals surface area contributed by atoms with Gasteiger partial charge in [0, 0.05) is 16.6 Å². The summed E-state index contributed by atoms with van der Waals surface area (Å²) in [6.07, 6.45) is 7.11. The quantitative estimate of drug-likeness (QED) is 0.800. The van der Waals surface area contributed by atoms with Gasteiger partial charge in [-0.25, -0.2) is 0 Å². The maximum Gasteiger partial charge on any atom is 0.125 e. The number of aliphatic hydroxyl groups excluding tert-OH is 1. The Labute approximate surface area is 165 Å². The SMILES string of the molecule is Cc1cc2c(cc1Br)[C@H](O)[C@](CN1CCCCC1)(N1CCCCC1)CO2. The van der Waals surface area contributed by atoms with Gasteiger partial charge < -0.3 is 14.7 Å². The van der Waals surface area contributed by atoms with Crippen molar-refractivity contribution in [3.05, 3.63) is 27.7 Å². The summed E-state index contributed by atoms with van der Waals surface area (Å²) in [4.78, 5) is 5.09. The third-order valence-corrected chi connectivity index (χ3v) is 7.36. The van der Waals surface area contributed by atoms with E-state index in [9.17, 15) is 5.11 Å². The van der Waals surface area contributed by atoms with Gasteiger partial charge in [-0.1, -0.05) is 28.8 Å². The minimum atomic E-state index is -0.511. The highest BCUT2D eigenvalue weighted by molar-refractivity contribution is 9.10. The van der Waals surface area contributed by atoms with Crippen LogP contribution in [0.3, 0.4) is 0 Å². The molecule has 4 nitrogen and oxygen atoms in total. The van der Waals surface area contributed by atoms with Crippen LogP contribution in [0, 0.1) is 6.92 Å². The van der Waals surface area contributed by atoms with Crippen LogP contribution in [0.5, 0.6) is 5.75 Å². The Morgan fingerprint density at radius 3 is 2.42 bits per heavy atom. The van der Waals surface area contributed by atoms with Crippen LogP contribution in [0.2, 0.25) is 0 Å². The van der Waals surface area contributed by atoms with Crippen LogP contribution in [0.25, 0.3) is 0 Å². The number of aryl methyl sites for hydroxylation is 1. The number of aliphatic hydroxyl groups is 1. The number of benzene rings is 1. The lowest BCUT2D eigenvalue weighted by Gasteiger charge is -2.52. The highest BCUT2D eigenvalue weighted by Crippen LogP contribution is 2.44. The van der Waals surface area contributed by atoms with E-state index in [0.29, 0.717) is 6.61 Å². The Morgan fingerprint density at radius 1 is 1.08 bits per heavy atom. The molecule has 5 heteroatoms. The molecule has 2 saturated heterocycles. The van der Waals surface area contributed by atoms with E-state index in [1.807, 2.05) is 0 Å². The number of hydrogen-bond donors (Lipinski definition) is 1. The average Bonchev–Trinajstić information content (AvgIpc) is 2.67. The molecule has 26 heavy (non-hydrogen) atoms. The predicted octanol–water partition coefficient (Wildman–Crippen LogP) is 3.89. The highest BCUT2D eigenvalue weighted by atomic mass is 79.9. The van der Waals surface area contributed by atoms with Crippen LogP contribution < -0.4 is 4.74 Å². The Hall–Kier alpha value is -0.620. The van der Waals surface area contributed by atoms with Crippen LogP contribution in [0.15, 0.2) is 16.6 Å². The van der Waals surface area contributed by atoms with Gasteiger partial charge in [0.1, 0.15) is 18.5 Å². The van der Waals surface area contributed by atoms with Gasteiger partial charge in [-0.3, -0.25) is 4.90 Å². The largest absolute Gasteiger partial charge is 0.491 e. The lowest BCUT2D eigenvalue weighted by Crippen LogP contribution is -2.65. The van der Waals surface area contributed by atoms with Crippen molar-refractivity contribution in [1.29, 1.82) is 0 Å². The molecule has 0 saturated carbocycles. The van der Waals surface area contributed by atoms with E-state index in [4.69, 9.17) is 4.74 Å². The number of fused-ring (bicyclic) bond motifs is 1. The molecule has 2 atom stereocenters. The maximum atomic E-state index is 11.6. The molecule has 0 aliphatic carbocycles. The van der Waals surface area contributed by atoms with Crippen LogP contribution >= 0.6 is 15.9 Å². The average molecular weight is 423 g/mol. The standard InChI is InChI=1S/C21H31BrN2O2/c1-16-12-19-17(13-18(16)22)20(25)21(15-26-19,24-10-6-3-7-11-24)14-23-8-4-2-5-9-23/h12-13,20,25H,2-11,14-15H2,1H3/t20-,21+/m0/s1. The molecule has 0 bridgehead atoms. The van der Waals surface area contributed by atoms with Crippen LogP contribution in [-0.4, -0.2) is 59.8 Å². The molecule has 1 aromatic carbocycles. The zero-order valence-corrected chi connectivity index (χ0v) is 17.4. The molecule has 1 aromatic rings. The zero-order chi connectivity index (χ0) is 18.1. The first-order valence-corrected chi connectivity index (χ1v) is 11.0. The van der Waals surface area contributed by atoms with Gasteiger partial charge in [0.25, 0.3) is 0 Å². The summed E-state index contributed by atoms with van der Waals surface area (Å²) in [5.74, 6) is 0.851. The molecule has 4 rings (SSSR count). The van der Waals surface area contributed by atoms with E-state index in [1.54, 1.807) is 0 Å². The smallest absolute Gasteiger partial charge is 0.125 e. The highest BCUT2D eigenvalue weighted by Gasteiger charge is 2.49. The Bertz CT molecular complexity index is 641. The predicted molar refractivity (Wildman–Crippen MR) is 108 cm³/mol. The third-order valence-electron chi connectivity index (χ3n) is 6.50. The van der Waals surface area contributed by atoms with Crippen molar-refractivity contribution >= 4 is 15.9 Å². The van der Waals surface area contributed by atoms with E-state index < -0.39 is 6.10 Å². The molecule has 144 valence electrons. The van der Waals surface area contributed by atoms with Crippen molar-refractivity contribution in [3.63, 3.8) is 0 Å². The number of nitrogens with zero attached hydrogens (tertiary/aromatic N) is 2. The molecule has 0 aromatic heterocycles. The van der Waals surface area contributed by atoms with Crippen LogP contribution in [0.4, 0.5) is 0 Å². The lowest BCUT2D eigenvalue weighted by molar-refractivity contribution is -0.0987. The fourth-order valence-electron chi connectivity index (χ4n) is 4.92. The van der Waals surface area contributed by atoms with E-state index >= 15 is 0 Å². The van der Waals surface area contributed by atoms with E-state index in [-0.39, 0.29) is 5.54 Å². The lowest BCUT2D eigenvalue weighted by atomic mass is 9.81. The minimum absolute atomic E-state index is 0.334. The molecule has 0 spiro atoms. The second-order valence-electron chi connectivity index (χ2n) is 8.32. The van der Waals surface area contributed by atoms with Gasteiger partial charge in [-0.2, -0.15) is 0 Å². The van der Waals surface area contributed by atoms with Gasteiger partial charge in [-0.15, -0.1) is 0 Å². The molecule has 2 fully saturated rings. The van der Waals surface area contributed by atoms with Crippen LogP contribution in [-0.2, 0) is 0 Å². The number of ether oxygens (including phenoxy) is 1. The van der Waals surface area contributed by atoms with E-state index in [1.165, 1.54) is 38.5 Å². The van der Waals surface area contributed by atoms with Gasteiger partial charge in [-0.05, 0) is 76.5 Å². The molecule has 0 unspecified atom stereocenters. The number of halogens is 1. The van der Waals surface area contributed by atoms with Gasteiger partial charge >= 0.3 is 0 Å². The Kier molecular flexibility index (Phi) is 5.61. The van der Waals surface area contributed by atoms with Crippen molar-refractivity contribution < 1.29 is 9.84 Å². The molecular weight excluding hydrogens is 392 g/mol. The maximum absolute atomic E-state index is 11.6. The molecule has 3 aliphatic heterocycles. The third kappa shape index (κ3) is 3.44. The molecular formula is C21H31BrN2O2. The summed E-state index contributed by atoms with van der Waals surface area (Å²) in [6, 6.07) is 4.13. The second kappa shape index (κ2) is 7.78. The summed E-state index contributed by atoms with van der Waals surface area (Å²) < 4.78 is 7.34. The molecule has 0 radical (unpaired) electrons. The summed E-state index contributed by atoms with van der Waals surface area (Å²) in [5, 5.41) is 11.6. The van der Waals surface area contributed by atoms with E-state index in [0.717, 1.165) is 54.1 Å². The fraction of sp³-hybridized carbons (Fsp3) is 0.714. The van der Waals surface area contributed by atoms with Crippen molar-refractivity contribution in [3.8, 4) is 5.75 Å². The van der Waals surface area contributed by atoms with Crippen molar-refractivity contribution in [1.82, 2.24) is 9.80 Å². The summed E-state index contributed by atoms with van der Waals surface area (Å²) in [5.41, 5.74) is 1.76. The fourth-order valence-corrected chi connectivity index (χ4v) is 5.28. The van der Waals surface area contributed by atoms with Crippen molar-refractivity contribution in [2.24, 2.45) is 0 Å².